The minimum absolute atomic E-state index is 0.0309. The summed E-state index contributed by atoms with van der Waals surface area (Å²) in [5.74, 6) is -0.0309. The zero-order chi connectivity index (χ0) is 14.4. The molecular weight excluding hydrogens is 248 g/mol. The van der Waals surface area contributed by atoms with Gasteiger partial charge in [0.05, 0.1) is 6.54 Å². The number of nitrogens with one attached hydrogen (secondary N) is 2. The SMILES string of the molecule is Cc1ccc(NC(=O)CN[C@@H](C)c2ccccc2)cc1. The first-order valence-corrected chi connectivity index (χ1v) is 6.80. The summed E-state index contributed by atoms with van der Waals surface area (Å²) in [6.45, 7) is 4.37. The van der Waals surface area contributed by atoms with Gasteiger partial charge in [0.2, 0.25) is 5.91 Å². The average molecular weight is 268 g/mol. The minimum atomic E-state index is -0.0309. The van der Waals surface area contributed by atoms with Crippen LogP contribution in [0, 0.1) is 6.92 Å². The largest absolute Gasteiger partial charge is 0.325 e. The van der Waals surface area contributed by atoms with Gasteiger partial charge < -0.3 is 10.6 Å². The monoisotopic (exact) mass is 268 g/mol. The molecule has 0 spiro atoms. The van der Waals surface area contributed by atoms with Crippen LogP contribution in [0.3, 0.4) is 0 Å². The van der Waals surface area contributed by atoms with Crippen LogP contribution in [0.4, 0.5) is 5.69 Å². The fourth-order valence-corrected chi connectivity index (χ4v) is 1.95. The molecule has 2 rings (SSSR count). The van der Waals surface area contributed by atoms with Crippen molar-refractivity contribution >= 4 is 11.6 Å². The van der Waals surface area contributed by atoms with Crippen LogP contribution in [0.1, 0.15) is 24.1 Å². The van der Waals surface area contributed by atoms with Gasteiger partial charge in [-0.2, -0.15) is 0 Å². The molecule has 0 aliphatic heterocycles. The topological polar surface area (TPSA) is 41.1 Å². The summed E-state index contributed by atoms with van der Waals surface area (Å²) in [5.41, 5.74) is 3.18. The lowest BCUT2D eigenvalue weighted by Gasteiger charge is -2.14. The van der Waals surface area contributed by atoms with Crippen LogP contribution < -0.4 is 10.6 Å². The maximum Gasteiger partial charge on any atom is 0.238 e. The Kier molecular flexibility index (Phi) is 4.91. The molecule has 0 aromatic heterocycles. The maximum atomic E-state index is 11.9. The third kappa shape index (κ3) is 4.21. The van der Waals surface area contributed by atoms with Crippen LogP contribution in [-0.4, -0.2) is 12.5 Å². The summed E-state index contributed by atoms with van der Waals surface area (Å²) in [4.78, 5) is 11.9. The van der Waals surface area contributed by atoms with Gasteiger partial charge in [0.25, 0.3) is 0 Å². The van der Waals surface area contributed by atoms with Crippen molar-refractivity contribution in [3.63, 3.8) is 0 Å². The molecule has 1 atom stereocenters. The zero-order valence-electron chi connectivity index (χ0n) is 11.9. The molecule has 3 heteroatoms. The van der Waals surface area contributed by atoms with Crippen LogP contribution in [0.25, 0.3) is 0 Å². The van der Waals surface area contributed by atoms with Crippen molar-refractivity contribution in [2.75, 3.05) is 11.9 Å². The molecule has 0 heterocycles. The molecule has 104 valence electrons. The van der Waals surface area contributed by atoms with E-state index in [4.69, 9.17) is 0 Å². The highest BCUT2D eigenvalue weighted by Gasteiger charge is 2.07. The summed E-state index contributed by atoms with van der Waals surface area (Å²) in [6.07, 6.45) is 0. The van der Waals surface area contributed by atoms with Gasteiger partial charge in [-0.1, -0.05) is 48.0 Å². The highest BCUT2D eigenvalue weighted by molar-refractivity contribution is 5.92. The molecule has 20 heavy (non-hydrogen) atoms. The number of amides is 1. The van der Waals surface area contributed by atoms with Gasteiger partial charge in [-0.05, 0) is 31.5 Å². The Balaban J connectivity index is 1.82. The normalized spacial score (nSPS) is 11.9. The van der Waals surface area contributed by atoms with Crippen molar-refractivity contribution in [3.05, 3.63) is 65.7 Å². The number of rotatable bonds is 5. The number of aryl methyl sites for hydroxylation is 1. The van der Waals surface area contributed by atoms with Crippen LogP contribution in [0.5, 0.6) is 0 Å². The molecule has 0 fully saturated rings. The molecule has 0 bridgehead atoms. The van der Waals surface area contributed by atoms with Gasteiger partial charge in [-0.15, -0.1) is 0 Å². The number of hydrogen-bond donors (Lipinski definition) is 2. The van der Waals surface area contributed by atoms with Crippen molar-refractivity contribution in [2.45, 2.75) is 19.9 Å². The lowest BCUT2D eigenvalue weighted by molar-refractivity contribution is -0.115. The van der Waals surface area contributed by atoms with Crippen molar-refractivity contribution in [2.24, 2.45) is 0 Å². The fourth-order valence-electron chi connectivity index (χ4n) is 1.95. The molecule has 0 unspecified atom stereocenters. The molecule has 1 amide bonds. The first-order chi connectivity index (χ1) is 9.65. The van der Waals surface area contributed by atoms with E-state index in [0.717, 1.165) is 5.69 Å². The molecule has 0 aliphatic carbocycles. The van der Waals surface area contributed by atoms with E-state index < -0.39 is 0 Å². The van der Waals surface area contributed by atoms with E-state index in [-0.39, 0.29) is 11.9 Å². The van der Waals surface area contributed by atoms with E-state index in [1.165, 1.54) is 11.1 Å². The fraction of sp³-hybridized carbons (Fsp3) is 0.235. The van der Waals surface area contributed by atoms with Crippen LogP contribution in [0.15, 0.2) is 54.6 Å². The second-order valence-electron chi connectivity index (χ2n) is 4.93. The van der Waals surface area contributed by atoms with Crippen LogP contribution in [-0.2, 0) is 4.79 Å². The summed E-state index contributed by atoms with van der Waals surface area (Å²) < 4.78 is 0. The number of benzene rings is 2. The van der Waals surface area contributed by atoms with Crippen molar-refractivity contribution in [1.82, 2.24) is 5.32 Å². The molecule has 2 aromatic carbocycles. The molecule has 0 saturated carbocycles. The quantitative estimate of drug-likeness (QED) is 0.873. The lowest BCUT2D eigenvalue weighted by Crippen LogP contribution is -2.30. The first-order valence-electron chi connectivity index (χ1n) is 6.80. The standard InChI is InChI=1S/C17H20N2O/c1-13-8-10-16(11-9-13)19-17(20)12-18-14(2)15-6-4-3-5-7-15/h3-11,14,18H,12H2,1-2H3,(H,19,20)/t14-/m0/s1. The van der Waals surface area contributed by atoms with E-state index in [9.17, 15) is 4.79 Å². The van der Waals surface area contributed by atoms with E-state index in [1.54, 1.807) is 0 Å². The third-order valence-corrected chi connectivity index (χ3v) is 3.20. The minimum Gasteiger partial charge on any atom is -0.325 e. The number of hydrogen-bond acceptors (Lipinski definition) is 2. The van der Waals surface area contributed by atoms with Gasteiger partial charge in [-0.25, -0.2) is 0 Å². The zero-order valence-corrected chi connectivity index (χ0v) is 11.9. The predicted molar refractivity (Wildman–Crippen MR) is 82.7 cm³/mol. The van der Waals surface area contributed by atoms with Crippen LogP contribution >= 0.6 is 0 Å². The summed E-state index contributed by atoms with van der Waals surface area (Å²) in [6, 6.07) is 18.0. The second kappa shape index (κ2) is 6.87. The summed E-state index contributed by atoms with van der Waals surface area (Å²) in [5, 5.41) is 6.09. The number of anilines is 1. The van der Waals surface area contributed by atoms with E-state index >= 15 is 0 Å². The van der Waals surface area contributed by atoms with Crippen LogP contribution in [0.2, 0.25) is 0 Å². The predicted octanol–water partition coefficient (Wildman–Crippen LogP) is 3.28. The Morgan fingerprint density at radius 3 is 2.35 bits per heavy atom. The molecular formula is C17H20N2O. The number of carbonyl (C=O) groups is 1. The molecule has 2 aromatic rings. The van der Waals surface area contributed by atoms with Crippen molar-refractivity contribution < 1.29 is 4.79 Å². The molecule has 0 aliphatic rings. The highest BCUT2D eigenvalue weighted by atomic mass is 16.1. The second-order valence-corrected chi connectivity index (χ2v) is 4.93. The van der Waals surface area contributed by atoms with E-state index in [2.05, 4.69) is 29.7 Å². The Labute approximate surface area is 120 Å². The first kappa shape index (κ1) is 14.3. The van der Waals surface area contributed by atoms with E-state index in [1.807, 2.05) is 49.4 Å². The average Bonchev–Trinajstić information content (AvgIpc) is 2.48. The molecule has 3 nitrogen and oxygen atoms in total. The van der Waals surface area contributed by atoms with Gasteiger partial charge in [-0.3, -0.25) is 4.79 Å². The van der Waals surface area contributed by atoms with Gasteiger partial charge in [0.1, 0.15) is 0 Å². The number of carbonyl (C=O) groups excluding carboxylic acids is 1. The Morgan fingerprint density at radius 2 is 1.70 bits per heavy atom. The molecule has 0 saturated heterocycles. The summed E-state index contributed by atoms with van der Waals surface area (Å²) >= 11 is 0. The van der Waals surface area contributed by atoms with Crippen molar-refractivity contribution in [3.8, 4) is 0 Å². The smallest absolute Gasteiger partial charge is 0.238 e. The van der Waals surface area contributed by atoms with E-state index in [0.29, 0.717) is 6.54 Å². The van der Waals surface area contributed by atoms with Gasteiger partial charge >= 0.3 is 0 Å². The molecule has 0 radical (unpaired) electrons. The van der Waals surface area contributed by atoms with Gasteiger partial charge in [0.15, 0.2) is 0 Å². The summed E-state index contributed by atoms with van der Waals surface area (Å²) in [7, 11) is 0. The Bertz CT molecular complexity index is 549. The van der Waals surface area contributed by atoms with Crippen molar-refractivity contribution in [1.29, 1.82) is 0 Å². The third-order valence-electron chi connectivity index (χ3n) is 3.20. The molecule has 2 N–H and O–H groups in total. The maximum absolute atomic E-state index is 11.9. The Morgan fingerprint density at radius 1 is 1.05 bits per heavy atom. The van der Waals surface area contributed by atoms with Gasteiger partial charge in [0, 0.05) is 11.7 Å². The lowest BCUT2D eigenvalue weighted by atomic mass is 10.1. The Hall–Kier alpha value is -2.13. The highest BCUT2D eigenvalue weighted by Crippen LogP contribution is 2.11.